The predicted octanol–water partition coefficient (Wildman–Crippen LogP) is 5.51. The van der Waals surface area contributed by atoms with E-state index in [4.69, 9.17) is 28.6 Å². The molecule has 0 saturated heterocycles. The highest BCUT2D eigenvalue weighted by atomic mass is 35.5. The summed E-state index contributed by atoms with van der Waals surface area (Å²) in [6, 6.07) is 17.4. The van der Waals surface area contributed by atoms with Crippen molar-refractivity contribution >= 4 is 36.1 Å². The van der Waals surface area contributed by atoms with Gasteiger partial charge in [0.05, 0.1) is 17.4 Å². The second-order valence-electron chi connectivity index (χ2n) is 6.04. The lowest BCUT2D eigenvalue weighted by Gasteiger charge is -2.10. The normalized spacial score (nSPS) is 12.1. The van der Waals surface area contributed by atoms with Crippen LogP contribution in [0.2, 0.25) is 0 Å². The fourth-order valence-corrected chi connectivity index (χ4v) is 2.77. The molecule has 0 fully saturated rings. The lowest BCUT2D eigenvalue weighted by Crippen LogP contribution is -2.05. The summed E-state index contributed by atoms with van der Waals surface area (Å²) >= 11 is 11.6. The summed E-state index contributed by atoms with van der Waals surface area (Å²) in [5, 5.41) is 11.9. The fourth-order valence-electron chi connectivity index (χ4n) is 2.42. The maximum Gasteiger partial charge on any atom is 0.216 e. The maximum atomic E-state index is 6.28. The molecule has 2 aromatic carbocycles. The number of allylic oxidation sites excluding steroid dienone is 1. The van der Waals surface area contributed by atoms with Gasteiger partial charge < -0.3 is 4.74 Å². The molecule has 5 nitrogen and oxygen atoms in total. The Kier molecular flexibility index (Phi) is 6.21. The van der Waals surface area contributed by atoms with Crippen molar-refractivity contribution in [3.05, 3.63) is 70.0 Å². The molecule has 138 valence electrons. The van der Waals surface area contributed by atoms with Gasteiger partial charge in [0.15, 0.2) is 5.82 Å². The zero-order chi connectivity index (χ0) is 19.2. The van der Waals surface area contributed by atoms with E-state index in [0.717, 1.165) is 16.9 Å². The number of halogens is 1. The molecule has 1 aromatic heterocycles. The first-order valence-corrected chi connectivity index (χ1v) is 9.22. The molecule has 27 heavy (non-hydrogen) atoms. The topological polar surface area (TPSA) is 55.2 Å². The van der Waals surface area contributed by atoms with Crippen molar-refractivity contribution in [2.24, 2.45) is 5.10 Å². The summed E-state index contributed by atoms with van der Waals surface area (Å²) in [4.78, 5) is 0. The number of ether oxygens (including phenoxy) is 1. The molecular formula is C20H19ClN4OS. The van der Waals surface area contributed by atoms with Gasteiger partial charge in [-0.1, -0.05) is 54.1 Å². The average Bonchev–Trinajstić information content (AvgIpc) is 3.01. The molecular weight excluding hydrogens is 380 g/mol. The Bertz CT molecular complexity index is 1020. The van der Waals surface area contributed by atoms with E-state index >= 15 is 0 Å². The second-order valence-corrected chi connectivity index (χ2v) is 6.87. The van der Waals surface area contributed by atoms with E-state index in [1.807, 2.05) is 74.5 Å². The quantitative estimate of drug-likeness (QED) is 0.440. The molecule has 0 aliphatic heterocycles. The van der Waals surface area contributed by atoms with E-state index in [1.54, 1.807) is 0 Å². The van der Waals surface area contributed by atoms with Crippen molar-refractivity contribution < 1.29 is 4.74 Å². The molecule has 0 aliphatic carbocycles. The number of nitrogens with zero attached hydrogens (tertiary/aromatic N) is 3. The van der Waals surface area contributed by atoms with E-state index in [1.165, 1.54) is 10.9 Å². The van der Waals surface area contributed by atoms with E-state index in [0.29, 0.717) is 15.6 Å². The third-order valence-corrected chi connectivity index (χ3v) is 3.99. The number of H-pyrrole nitrogens is 1. The molecule has 0 saturated carbocycles. The van der Waals surface area contributed by atoms with Gasteiger partial charge in [-0.3, -0.25) is 0 Å². The van der Waals surface area contributed by atoms with Crippen molar-refractivity contribution in [1.29, 1.82) is 0 Å². The molecule has 3 rings (SSSR count). The van der Waals surface area contributed by atoms with Crippen LogP contribution in [-0.4, -0.2) is 27.2 Å². The zero-order valence-electron chi connectivity index (χ0n) is 15.0. The lowest BCUT2D eigenvalue weighted by atomic mass is 10.2. The van der Waals surface area contributed by atoms with E-state index < -0.39 is 0 Å². The largest absolute Gasteiger partial charge is 0.491 e. The van der Waals surface area contributed by atoms with Gasteiger partial charge in [-0.05, 0) is 49.8 Å². The third-order valence-electron chi connectivity index (χ3n) is 3.52. The van der Waals surface area contributed by atoms with Crippen LogP contribution in [0.3, 0.4) is 0 Å². The molecule has 7 heteroatoms. The second kappa shape index (κ2) is 8.79. The summed E-state index contributed by atoms with van der Waals surface area (Å²) in [7, 11) is 0. The van der Waals surface area contributed by atoms with Crippen LogP contribution in [0.15, 0.2) is 64.7 Å². The Morgan fingerprint density at radius 3 is 2.74 bits per heavy atom. The number of rotatable bonds is 6. The minimum Gasteiger partial charge on any atom is -0.491 e. The first-order chi connectivity index (χ1) is 13.0. The SMILES string of the molecule is CC(C)Oc1cccc(-c2n[nH]c(=S)n2N=C/C(Cl)=C/c2ccccc2)c1. The number of aromatic amines is 1. The summed E-state index contributed by atoms with van der Waals surface area (Å²) in [6.07, 6.45) is 3.45. The van der Waals surface area contributed by atoms with Gasteiger partial charge in [0, 0.05) is 5.56 Å². The van der Waals surface area contributed by atoms with Gasteiger partial charge in [0.25, 0.3) is 0 Å². The van der Waals surface area contributed by atoms with Crippen LogP contribution in [0, 0.1) is 4.77 Å². The van der Waals surface area contributed by atoms with Crippen molar-refractivity contribution in [3.8, 4) is 17.1 Å². The number of hydrogen-bond acceptors (Lipinski definition) is 4. The molecule has 3 aromatic rings. The Hall–Kier alpha value is -2.70. The van der Waals surface area contributed by atoms with Crippen LogP contribution >= 0.6 is 23.8 Å². The van der Waals surface area contributed by atoms with Crippen molar-refractivity contribution in [1.82, 2.24) is 14.9 Å². The minimum absolute atomic E-state index is 0.0843. The maximum absolute atomic E-state index is 6.28. The summed E-state index contributed by atoms with van der Waals surface area (Å²) in [5.41, 5.74) is 1.82. The van der Waals surface area contributed by atoms with Crippen LogP contribution in [0.1, 0.15) is 19.4 Å². The Balaban J connectivity index is 1.89. The molecule has 0 spiro atoms. The van der Waals surface area contributed by atoms with Crippen LogP contribution in [0.5, 0.6) is 5.75 Å². The smallest absolute Gasteiger partial charge is 0.216 e. The zero-order valence-corrected chi connectivity index (χ0v) is 16.5. The molecule has 0 atom stereocenters. The first kappa shape index (κ1) is 19.1. The fraction of sp³-hybridized carbons (Fsp3) is 0.150. The molecule has 0 bridgehead atoms. The standard InChI is InChI=1S/C20H19ClN4OS/c1-14(2)26-18-10-6-9-16(12-18)19-23-24-20(27)25(19)22-13-17(21)11-15-7-4-3-5-8-15/h3-14H,1-2H3,(H,24,27)/b17-11-,22-13?. The van der Waals surface area contributed by atoms with E-state index in [2.05, 4.69) is 15.3 Å². The van der Waals surface area contributed by atoms with Gasteiger partial charge >= 0.3 is 0 Å². The van der Waals surface area contributed by atoms with E-state index in [-0.39, 0.29) is 6.10 Å². The summed E-state index contributed by atoms with van der Waals surface area (Å²) < 4.78 is 7.65. The van der Waals surface area contributed by atoms with Crippen molar-refractivity contribution in [2.45, 2.75) is 20.0 Å². The first-order valence-electron chi connectivity index (χ1n) is 8.44. The van der Waals surface area contributed by atoms with Crippen LogP contribution in [0.25, 0.3) is 17.5 Å². The van der Waals surface area contributed by atoms with Gasteiger partial charge in [-0.15, -0.1) is 0 Å². The predicted molar refractivity (Wildman–Crippen MR) is 113 cm³/mol. The summed E-state index contributed by atoms with van der Waals surface area (Å²) in [6.45, 7) is 3.96. The highest BCUT2D eigenvalue weighted by Crippen LogP contribution is 2.23. The van der Waals surface area contributed by atoms with Crippen LogP contribution < -0.4 is 4.74 Å². The van der Waals surface area contributed by atoms with Crippen molar-refractivity contribution in [2.75, 3.05) is 0 Å². The van der Waals surface area contributed by atoms with Gasteiger partial charge in [0.2, 0.25) is 4.77 Å². The monoisotopic (exact) mass is 398 g/mol. The Morgan fingerprint density at radius 1 is 1.22 bits per heavy atom. The number of hydrogen-bond donors (Lipinski definition) is 1. The Labute approximate surface area is 168 Å². The van der Waals surface area contributed by atoms with Gasteiger partial charge in [0.1, 0.15) is 5.75 Å². The minimum atomic E-state index is 0.0843. The molecule has 0 unspecified atom stereocenters. The highest BCUT2D eigenvalue weighted by molar-refractivity contribution is 7.71. The van der Waals surface area contributed by atoms with Crippen LogP contribution in [0.4, 0.5) is 0 Å². The number of nitrogens with one attached hydrogen (secondary N) is 1. The molecule has 1 N–H and O–H groups in total. The molecule has 0 radical (unpaired) electrons. The summed E-state index contributed by atoms with van der Waals surface area (Å²) in [5.74, 6) is 1.34. The van der Waals surface area contributed by atoms with E-state index in [9.17, 15) is 0 Å². The Morgan fingerprint density at radius 2 is 2.00 bits per heavy atom. The molecule has 0 amide bonds. The van der Waals surface area contributed by atoms with Gasteiger partial charge in [-0.2, -0.15) is 14.9 Å². The molecule has 0 aliphatic rings. The van der Waals surface area contributed by atoms with Crippen molar-refractivity contribution in [3.63, 3.8) is 0 Å². The van der Waals surface area contributed by atoms with Gasteiger partial charge in [-0.25, -0.2) is 5.10 Å². The highest BCUT2D eigenvalue weighted by Gasteiger charge is 2.09. The third kappa shape index (κ3) is 5.15. The lowest BCUT2D eigenvalue weighted by molar-refractivity contribution is 0.242. The average molecular weight is 399 g/mol. The number of benzene rings is 2. The number of aromatic nitrogens is 3. The van der Waals surface area contributed by atoms with Crippen LogP contribution in [-0.2, 0) is 0 Å². The molecule has 1 heterocycles.